The van der Waals surface area contributed by atoms with Gasteiger partial charge < -0.3 is 5.32 Å². The quantitative estimate of drug-likeness (QED) is 0.915. The Bertz CT molecular complexity index is 459. The van der Waals surface area contributed by atoms with E-state index in [2.05, 4.69) is 50.2 Å². The van der Waals surface area contributed by atoms with Crippen LogP contribution in [0.25, 0.3) is 0 Å². The highest BCUT2D eigenvalue weighted by Crippen LogP contribution is 2.46. The number of hydrogen-bond donors (Lipinski definition) is 1. The van der Waals surface area contributed by atoms with Gasteiger partial charge in [0.15, 0.2) is 0 Å². The highest BCUT2D eigenvalue weighted by Gasteiger charge is 2.47. The van der Waals surface area contributed by atoms with Crippen molar-refractivity contribution in [3.63, 3.8) is 0 Å². The van der Waals surface area contributed by atoms with Crippen LogP contribution in [-0.4, -0.2) is 22.0 Å². The molecule has 2 unspecified atom stereocenters. The summed E-state index contributed by atoms with van der Waals surface area (Å²) >= 11 is 3.95. The van der Waals surface area contributed by atoms with Gasteiger partial charge in [-0.15, -0.1) is 11.3 Å². The third kappa shape index (κ3) is 2.59. The molecule has 2 aliphatic rings. The molecule has 2 nitrogen and oxygen atoms in total. The Morgan fingerprint density at radius 3 is 2.58 bits per heavy atom. The molecule has 19 heavy (non-hydrogen) atoms. The number of thiazole rings is 1. The van der Waals surface area contributed by atoms with Crippen molar-refractivity contribution >= 4 is 23.1 Å². The number of aromatic nitrogens is 1. The average molecular weight is 297 g/mol. The summed E-state index contributed by atoms with van der Waals surface area (Å²) in [5.74, 6) is 1.26. The lowest BCUT2D eigenvalue weighted by atomic mass is 9.91. The van der Waals surface area contributed by atoms with E-state index in [1.807, 2.05) is 11.3 Å². The Morgan fingerprint density at radius 1 is 1.37 bits per heavy atom. The average Bonchev–Trinajstić information content (AvgIpc) is 2.86. The van der Waals surface area contributed by atoms with E-state index in [0.29, 0.717) is 5.25 Å². The zero-order valence-electron chi connectivity index (χ0n) is 12.3. The molecule has 1 aliphatic heterocycles. The third-order valence-electron chi connectivity index (χ3n) is 4.25. The van der Waals surface area contributed by atoms with Crippen LogP contribution in [0.3, 0.4) is 0 Å². The number of thioether (sulfide) groups is 1. The van der Waals surface area contributed by atoms with Crippen LogP contribution >= 0.6 is 23.1 Å². The zero-order chi connectivity index (χ0) is 13.7. The molecule has 0 amide bonds. The van der Waals surface area contributed by atoms with Crippen molar-refractivity contribution < 1.29 is 0 Å². The number of nitrogens with one attached hydrogen (secondary N) is 1. The second-order valence-corrected chi connectivity index (χ2v) is 9.25. The summed E-state index contributed by atoms with van der Waals surface area (Å²) in [6, 6.07) is 0.739. The molecule has 0 aromatic carbocycles. The van der Waals surface area contributed by atoms with Gasteiger partial charge in [-0.05, 0) is 25.0 Å². The molecule has 0 spiro atoms. The minimum atomic E-state index is 0.139. The summed E-state index contributed by atoms with van der Waals surface area (Å²) in [6.45, 7) is 9.12. The smallest absolute Gasteiger partial charge is 0.114 e. The maximum Gasteiger partial charge on any atom is 0.114 e. The van der Waals surface area contributed by atoms with Crippen molar-refractivity contribution in [1.82, 2.24) is 10.3 Å². The number of nitrogens with zero attached hydrogens (tertiary/aromatic N) is 1. The van der Waals surface area contributed by atoms with E-state index < -0.39 is 0 Å². The van der Waals surface area contributed by atoms with E-state index in [0.717, 1.165) is 6.04 Å². The summed E-state index contributed by atoms with van der Waals surface area (Å²) in [5.41, 5.74) is 1.54. The molecule has 1 aromatic rings. The molecule has 1 N–H and O–H groups in total. The van der Waals surface area contributed by atoms with Gasteiger partial charge in [-0.25, -0.2) is 4.98 Å². The molecule has 1 aromatic heterocycles. The van der Waals surface area contributed by atoms with Crippen molar-refractivity contribution in [3.05, 3.63) is 16.1 Å². The third-order valence-corrected chi connectivity index (χ3v) is 6.61. The van der Waals surface area contributed by atoms with Crippen LogP contribution in [0.1, 0.15) is 57.7 Å². The molecule has 1 saturated carbocycles. The molecule has 4 heteroatoms. The van der Waals surface area contributed by atoms with Gasteiger partial charge in [0.25, 0.3) is 0 Å². The Hall–Kier alpha value is -0.0600. The highest BCUT2D eigenvalue weighted by atomic mass is 32.2. The van der Waals surface area contributed by atoms with Gasteiger partial charge in [-0.3, -0.25) is 0 Å². The van der Waals surface area contributed by atoms with E-state index in [9.17, 15) is 0 Å². The lowest BCUT2D eigenvalue weighted by Gasteiger charge is -2.32. The predicted octanol–water partition coefficient (Wildman–Crippen LogP) is 3.91. The molecular weight excluding hydrogens is 272 g/mol. The van der Waals surface area contributed by atoms with Crippen molar-refractivity contribution in [2.45, 2.75) is 69.2 Å². The Kier molecular flexibility index (Phi) is 3.47. The van der Waals surface area contributed by atoms with Crippen molar-refractivity contribution in [3.8, 4) is 0 Å². The molecule has 3 rings (SSSR count). The Labute approximate surface area is 124 Å². The molecule has 2 fully saturated rings. The van der Waals surface area contributed by atoms with E-state index in [1.54, 1.807) is 0 Å². The molecule has 1 saturated heterocycles. The van der Waals surface area contributed by atoms with Gasteiger partial charge in [0, 0.05) is 22.1 Å². The first-order chi connectivity index (χ1) is 8.92. The second-order valence-electron chi connectivity index (χ2n) is 6.94. The number of rotatable bonds is 3. The number of hydrogen-bond acceptors (Lipinski definition) is 4. The van der Waals surface area contributed by atoms with Crippen LogP contribution < -0.4 is 5.32 Å². The maximum absolute atomic E-state index is 5.01. The van der Waals surface area contributed by atoms with Crippen LogP contribution in [0.5, 0.6) is 0 Å². The van der Waals surface area contributed by atoms with Gasteiger partial charge in [0.2, 0.25) is 0 Å². The lowest BCUT2D eigenvalue weighted by molar-refractivity contribution is 0.327. The highest BCUT2D eigenvalue weighted by molar-refractivity contribution is 8.00. The fourth-order valence-electron chi connectivity index (χ4n) is 2.69. The molecule has 0 radical (unpaired) electrons. The summed E-state index contributed by atoms with van der Waals surface area (Å²) in [4.78, 5) is 5.01. The Morgan fingerprint density at radius 2 is 2.11 bits per heavy atom. The molecule has 106 valence electrons. The van der Waals surface area contributed by atoms with E-state index in [1.165, 1.54) is 35.7 Å². The van der Waals surface area contributed by atoms with Gasteiger partial charge in [0.05, 0.1) is 11.2 Å². The lowest BCUT2D eigenvalue weighted by Crippen LogP contribution is -2.47. The summed E-state index contributed by atoms with van der Waals surface area (Å²) < 4.78 is 0. The maximum atomic E-state index is 5.01. The van der Waals surface area contributed by atoms with Crippen molar-refractivity contribution in [2.75, 3.05) is 5.75 Å². The van der Waals surface area contributed by atoms with Crippen LogP contribution in [0.15, 0.2) is 5.38 Å². The van der Waals surface area contributed by atoms with Crippen molar-refractivity contribution in [2.24, 2.45) is 0 Å². The second kappa shape index (κ2) is 4.74. The van der Waals surface area contributed by atoms with Crippen LogP contribution in [-0.2, 0) is 11.0 Å². The summed E-state index contributed by atoms with van der Waals surface area (Å²) in [6.07, 6.45) is 3.92. The largest absolute Gasteiger partial charge is 0.302 e. The fourth-order valence-corrected chi connectivity index (χ4v) is 5.47. The normalized spacial score (nSPS) is 31.9. The molecule has 1 aliphatic carbocycles. The monoisotopic (exact) mass is 296 g/mol. The standard InChI is InChI=1S/C15H24N2S2/c1-10-15(7-8-18-10,17-11-5-6-11)13-16-12(9-19-13)14(2,3)4/h9-11,17H,5-8H2,1-4H3. The van der Waals surface area contributed by atoms with Gasteiger partial charge in [0.1, 0.15) is 5.01 Å². The first-order valence-corrected chi connectivity index (χ1v) is 9.20. The van der Waals surface area contributed by atoms with Crippen LogP contribution in [0.2, 0.25) is 0 Å². The fraction of sp³-hybridized carbons (Fsp3) is 0.800. The first kappa shape index (κ1) is 13.9. The van der Waals surface area contributed by atoms with Gasteiger partial charge in [-0.2, -0.15) is 11.8 Å². The van der Waals surface area contributed by atoms with E-state index >= 15 is 0 Å². The first-order valence-electron chi connectivity index (χ1n) is 7.27. The minimum absolute atomic E-state index is 0.139. The van der Waals surface area contributed by atoms with E-state index in [4.69, 9.17) is 4.98 Å². The summed E-state index contributed by atoms with van der Waals surface area (Å²) in [7, 11) is 0. The van der Waals surface area contributed by atoms with Crippen LogP contribution in [0, 0.1) is 0 Å². The summed E-state index contributed by atoms with van der Waals surface area (Å²) in [5, 5.41) is 8.14. The molecule has 2 heterocycles. The van der Waals surface area contributed by atoms with Gasteiger partial charge >= 0.3 is 0 Å². The topological polar surface area (TPSA) is 24.9 Å². The molecule has 2 atom stereocenters. The molecular formula is C15H24N2S2. The van der Waals surface area contributed by atoms with Gasteiger partial charge in [-0.1, -0.05) is 27.7 Å². The van der Waals surface area contributed by atoms with E-state index in [-0.39, 0.29) is 11.0 Å². The van der Waals surface area contributed by atoms with Crippen LogP contribution in [0.4, 0.5) is 0 Å². The predicted molar refractivity (Wildman–Crippen MR) is 85.2 cm³/mol. The minimum Gasteiger partial charge on any atom is -0.302 e. The Balaban J connectivity index is 1.93. The zero-order valence-corrected chi connectivity index (χ0v) is 14.0. The van der Waals surface area contributed by atoms with Crippen molar-refractivity contribution in [1.29, 1.82) is 0 Å². The SMILES string of the molecule is CC1SCCC1(NC1CC1)c1nc(C(C)(C)C)cs1. The molecule has 0 bridgehead atoms.